The van der Waals surface area contributed by atoms with E-state index in [0.717, 1.165) is 25.8 Å². The summed E-state index contributed by atoms with van der Waals surface area (Å²) in [7, 11) is 0. The van der Waals surface area contributed by atoms with Crippen LogP contribution in [0.4, 0.5) is 0 Å². The van der Waals surface area contributed by atoms with Crippen LogP contribution in [0.2, 0.25) is 0 Å². The Bertz CT molecular complexity index is 405. The lowest BCUT2D eigenvalue weighted by Crippen LogP contribution is -2.41. The van der Waals surface area contributed by atoms with Crippen LogP contribution in [0.5, 0.6) is 0 Å². The normalized spacial score (nSPS) is 19.9. The van der Waals surface area contributed by atoms with Crippen LogP contribution in [0.1, 0.15) is 44.1 Å². The summed E-state index contributed by atoms with van der Waals surface area (Å²) in [5, 5.41) is 0. The van der Waals surface area contributed by atoms with E-state index in [9.17, 15) is 4.79 Å². The number of primary amides is 1. The van der Waals surface area contributed by atoms with Crippen molar-refractivity contribution in [2.45, 2.75) is 51.0 Å². The van der Waals surface area contributed by atoms with Gasteiger partial charge in [-0.3, -0.25) is 4.79 Å². The summed E-state index contributed by atoms with van der Waals surface area (Å²) in [6.07, 6.45) is 7.62. The van der Waals surface area contributed by atoms with E-state index in [2.05, 4.69) is 35.2 Å². The zero-order chi connectivity index (χ0) is 14.2. The first-order chi connectivity index (χ1) is 9.75. The van der Waals surface area contributed by atoms with Gasteiger partial charge in [-0.2, -0.15) is 0 Å². The maximum Gasteiger partial charge on any atom is 0.217 e. The van der Waals surface area contributed by atoms with Crippen LogP contribution in [-0.2, 0) is 11.2 Å². The quantitative estimate of drug-likeness (QED) is 0.777. The van der Waals surface area contributed by atoms with Gasteiger partial charge in [0.15, 0.2) is 0 Å². The summed E-state index contributed by atoms with van der Waals surface area (Å²) >= 11 is 0. The third-order valence-electron chi connectivity index (χ3n) is 4.18. The van der Waals surface area contributed by atoms with Crippen molar-refractivity contribution in [2.75, 3.05) is 13.1 Å². The Hall–Kier alpha value is -1.35. The molecule has 2 rings (SSSR count). The minimum absolute atomic E-state index is 0.176. The lowest BCUT2D eigenvalue weighted by molar-refractivity contribution is -0.118. The van der Waals surface area contributed by atoms with Gasteiger partial charge in [-0.1, -0.05) is 36.8 Å². The van der Waals surface area contributed by atoms with Crippen molar-refractivity contribution in [3.05, 3.63) is 35.9 Å². The lowest BCUT2D eigenvalue weighted by Gasteiger charge is -2.36. The van der Waals surface area contributed by atoms with Gasteiger partial charge in [0.25, 0.3) is 0 Å². The molecule has 1 unspecified atom stereocenters. The van der Waals surface area contributed by atoms with Crippen LogP contribution in [-0.4, -0.2) is 29.9 Å². The van der Waals surface area contributed by atoms with Gasteiger partial charge < -0.3 is 10.6 Å². The molecule has 0 bridgehead atoms. The van der Waals surface area contributed by atoms with Crippen molar-refractivity contribution >= 4 is 5.91 Å². The number of benzene rings is 1. The Kier molecular flexibility index (Phi) is 6.06. The molecule has 0 spiro atoms. The first-order valence-corrected chi connectivity index (χ1v) is 7.82. The predicted octanol–water partition coefficient (Wildman–Crippen LogP) is 2.74. The molecule has 1 heterocycles. The SMILES string of the molecule is NC(=O)CCCCN1CCCCC1Cc1ccccc1. The van der Waals surface area contributed by atoms with Crippen LogP contribution in [0.15, 0.2) is 30.3 Å². The monoisotopic (exact) mass is 274 g/mol. The standard InChI is InChI=1S/C17H26N2O/c18-17(20)11-5-7-13-19-12-6-4-10-16(19)14-15-8-2-1-3-9-15/h1-3,8-9,16H,4-7,10-14H2,(H2,18,20). The molecular weight excluding hydrogens is 248 g/mol. The van der Waals surface area contributed by atoms with Gasteiger partial charge in [0.1, 0.15) is 0 Å². The molecule has 3 nitrogen and oxygen atoms in total. The van der Waals surface area contributed by atoms with Gasteiger partial charge in [0, 0.05) is 12.5 Å². The van der Waals surface area contributed by atoms with Gasteiger partial charge in [0.2, 0.25) is 5.91 Å². The van der Waals surface area contributed by atoms with Gasteiger partial charge in [-0.25, -0.2) is 0 Å². The number of carbonyl (C=O) groups is 1. The number of nitrogens with zero attached hydrogens (tertiary/aromatic N) is 1. The highest BCUT2D eigenvalue weighted by Gasteiger charge is 2.21. The van der Waals surface area contributed by atoms with Crippen LogP contribution < -0.4 is 5.73 Å². The van der Waals surface area contributed by atoms with Gasteiger partial charge in [-0.05, 0) is 50.8 Å². The Morgan fingerprint density at radius 1 is 1.20 bits per heavy atom. The molecule has 0 aliphatic carbocycles. The summed E-state index contributed by atoms with van der Waals surface area (Å²) in [4.78, 5) is 13.4. The first kappa shape index (κ1) is 15.0. The first-order valence-electron chi connectivity index (χ1n) is 7.82. The van der Waals surface area contributed by atoms with Crippen molar-refractivity contribution in [3.63, 3.8) is 0 Å². The number of hydrogen-bond acceptors (Lipinski definition) is 2. The number of hydrogen-bond donors (Lipinski definition) is 1. The van der Waals surface area contributed by atoms with Gasteiger partial charge >= 0.3 is 0 Å². The number of nitrogens with two attached hydrogens (primary N) is 1. The highest BCUT2D eigenvalue weighted by molar-refractivity contribution is 5.73. The molecule has 0 radical (unpaired) electrons. The second-order valence-electron chi connectivity index (χ2n) is 5.80. The van der Waals surface area contributed by atoms with Crippen LogP contribution in [0.3, 0.4) is 0 Å². The van der Waals surface area contributed by atoms with E-state index in [4.69, 9.17) is 5.73 Å². The minimum Gasteiger partial charge on any atom is -0.370 e. The largest absolute Gasteiger partial charge is 0.370 e. The van der Waals surface area contributed by atoms with E-state index >= 15 is 0 Å². The van der Waals surface area contributed by atoms with Gasteiger partial charge in [-0.15, -0.1) is 0 Å². The molecule has 1 aromatic rings. The van der Waals surface area contributed by atoms with Crippen molar-refractivity contribution in [1.82, 2.24) is 4.90 Å². The van der Waals surface area contributed by atoms with E-state index in [-0.39, 0.29) is 5.91 Å². The highest BCUT2D eigenvalue weighted by Crippen LogP contribution is 2.21. The lowest BCUT2D eigenvalue weighted by atomic mass is 9.95. The van der Waals surface area contributed by atoms with Crippen molar-refractivity contribution in [1.29, 1.82) is 0 Å². The Morgan fingerprint density at radius 2 is 2.00 bits per heavy atom. The third-order valence-corrected chi connectivity index (χ3v) is 4.18. The fraction of sp³-hybridized carbons (Fsp3) is 0.588. The Morgan fingerprint density at radius 3 is 2.75 bits per heavy atom. The number of unbranched alkanes of at least 4 members (excludes halogenated alkanes) is 1. The second kappa shape index (κ2) is 8.05. The Labute approximate surface area is 122 Å². The van der Waals surface area contributed by atoms with E-state index in [1.807, 2.05) is 0 Å². The fourth-order valence-corrected chi connectivity index (χ4v) is 3.09. The average Bonchev–Trinajstić information content (AvgIpc) is 2.46. The molecule has 1 aliphatic rings. The molecule has 2 N–H and O–H groups in total. The third kappa shape index (κ3) is 4.97. The minimum atomic E-state index is -0.176. The average molecular weight is 274 g/mol. The summed E-state index contributed by atoms with van der Waals surface area (Å²) in [5.74, 6) is -0.176. The molecule has 0 aromatic heterocycles. The van der Waals surface area contributed by atoms with Crippen LogP contribution in [0.25, 0.3) is 0 Å². The number of piperidine rings is 1. The van der Waals surface area contributed by atoms with Crippen molar-refractivity contribution in [2.24, 2.45) is 5.73 Å². The topological polar surface area (TPSA) is 46.3 Å². The van der Waals surface area contributed by atoms with E-state index in [1.165, 1.54) is 31.4 Å². The van der Waals surface area contributed by atoms with E-state index < -0.39 is 0 Å². The fourth-order valence-electron chi connectivity index (χ4n) is 3.09. The van der Waals surface area contributed by atoms with Crippen LogP contribution in [0, 0.1) is 0 Å². The van der Waals surface area contributed by atoms with E-state index in [0.29, 0.717) is 12.5 Å². The molecule has 20 heavy (non-hydrogen) atoms. The van der Waals surface area contributed by atoms with Crippen LogP contribution >= 0.6 is 0 Å². The van der Waals surface area contributed by atoms with E-state index in [1.54, 1.807) is 0 Å². The maximum atomic E-state index is 10.8. The molecular formula is C17H26N2O. The summed E-state index contributed by atoms with van der Waals surface area (Å²) in [6.45, 7) is 2.30. The molecule has 110 valence electrons. The number of carbonyl (C=O) groups excluding carboxylic acids is 1. The number of rotatable bonds is 7. The molecule has 0 saturated carbocycles. The van der Waals surface area contributed by atoms with Crippen molar-refractivity contribution in [3.8, 4) is 0 Å². The zero-order valence-electron chi connectivity index (χ0n) is 12.3. The smallest absolute Gasteiger partial charge is 0.217 e. The molecule has 1 aliphatic heterocycles. The molecule has 1 saturated heterocycles. The zero-order valence-corrected chi connectivity index (χ0v) is 12.3. The molecule has 3 heteroatoms. The van der Waals surface area contributed by atoms with Gasteiger partial charge in [0.05, 0.1) is 0 Å². The molecule has 1 aromatic carbocycles. The molecule has 1 fully saturated rings. The summed E-state index contributed by atoms with van der Waals surface area (Å²) in [5.41, 5.74) is 6.62. The number of likely N-dealkylation sites (tertiary alicyclic amines) is 1. The molecule has 1 amide bonds. The summed E-state index contributed by atoms with van der Waals surface area (Å²) in [6, 6.07) is 11.4. The second-order valence-corrected chi connectivity index (χ2v) is 5.80. The maximum absolute atomic E-state index is 10.8. The Balaban J connectivity index is 1.80. The van der Waals surface area contributed by atoms with Crippen molar-refractivity contribution < 1.29 is 4.79 Å². The number of amides is 1. The molecule has 1 atom stereocenters. The summed E-state index contributed by atoms with van der Waals surface area (Å²) < 4.78 is 0. The highest BCUT2D eigenvalue weighted by atomic mass is 16.1. The predicted molar refractivity (Wildman–Crippen MR) is 82.4 cm³/mol.